The molecule has 0 amide bonds. The van der Waals surface area contributed by atoms with E-state index in [2.05, 4.69) is 4.72 Å². The summed E-state index contributed by atoms with van der Waals surface area (Å²) in [5, 5.41) is 0. The van der Waals surface area contributed by atoms with E-state index >= 15 is 0 Å². The van der Waals surface area contributed by atoms with Crippen LogP contribution in [0.5, 0.6) is 5.75 Å². The molecule has 0 unspecified atom stereocenters. The number of sulfonamides is 1. The predicted molar refractivity (Wildman–Crippen MR) is 82.6 cm³/mol. The number of benzene rings is 1. The van der Waals surface area contributed by atoms with Gasteiger partial charge in [0.1, 0.15) is 5.75 Å². The Hall–Kier alpha value is -1.11. The molecule has 0 aliphatic heterocycles. The molecule has 0 atom stereocenters. The lowest BCUT2D eigenvalue weighted by Gasteiger charge is -2.26. The third-order valence-electron chi connectivity index (χ3n) is 3.86. The van der Waals surface area contributed by atoms with Crippen molar-refractivity contribution in [2.45, 2.75) is 50.6 Å². The molecular weight excluding hydrogens is 288 g/mol. The Balaban J connectivity index is 2.27. The van der Waals surface area contributed by atoms with Crippen molar-refractivity contribution in [3.8, 4) is 5.75 Å². The molecular formula is C15H24N2O3S. The molecule has 1 saturated carbocycles. The quantitative estimate of drug-likeness (QED) is 0.807. The van der Waals surface area contributed by atoms with E-state index in [-0.39, 0.29) is 11.4 Å². The fourth-order valence-corrected chi connectivity index (χ4v) is 3.99. The Kier molecular flexibility index (Phi) is 4.60. The van der Waals surface area contributed by atoms with Crippen molar-refractivity contribution in [1.82, 2.24) is 4.72 Å². The van der Waals surface area contributed by atoms with Gasteiger partial charge in [-0.25, -0.2) is 13.1 Å². The van der Waals surface area contributed by atoms with Crippen LogP contribution in [0.2, 0.25) is 0 Å². The van der Waals surface area contributed by atoms with E-state index in [1.807, 2.05) is 20.8 Å². The van der Waals surface area contributed by atoms with E-state index in [9.17, 15) is 8.42 Å². The van der Waals surface area contributed by atoms with Crippen LogP contribution in [-0.4, -0.2) is 20.6 Å². The molecule has 1 fully saturated rings. The molecule has 2 rings (SSSR count). The molecule has 21 heavy (non-hydrogen) atoms. The van der Waals surface area contributed by atoms with Gasteiger partial charge in [-0.15, -0.1) is 0 Å². The van der Waals surface area contributed by atoms with E-state index in [1.165, 1.54) is 0 Å². The molecule has 0 radical (unpaired) electrons. The third-order valence-corrected chi connectivity index (χ3v) is 5.53. The molecule has 1 aliphatic rings. The monoisotopic (exact) mass is 312 g/mol. The van der Waals surface area contributed by atoms with Crippen LogP contribution < -0.4 is 15.2 Å². The van der Waals surface area contributed by atoms with Gasteiger partial charge < -0.3 is 10.5 Å². The zero-order valence-electron chi connectivity index (χ0n) is 12.8. The lowest BCUT2D eigenvalue weighted by atomic mass is 10.0. The van der Waals surface area contributed by atoms with Crippen molar-refractivity contribution in [3.63, 3.8) is 0 Å². The largest absolute Gasteiger partial charge is 0.494 e. The molecule has 118 valence electrons. The van der Waals surface area contributed by atoms with Gasteiger partial charge in [0.05, 0.1) is 11.5 Å². The Morgan fingerprint density at radius 2 is 2.05 bits per heavy atom. The van der Waals surface area contributed by atoms with E-state index in [0.717, 1.165) is 12.8 Å². The summed E-state index contributed by atoms with van der Waals surface area (Å²) < 4.78 is 33.3. The minimum absolute atomic E-state index is 0.236. The van der Waals surface area contributed by atoms with Gasteiger partial charge in [-0.05, 0) is 57.7 Å². The van der Waals surface area contributed by atoms with Crippen molar-refractivity contribution < 1.29 is 13.2 Å². The Labute approximate surface area is 126 Å². The molecule has 0 aromatic heterocycles. The maximum absolute atomic E-state index is 12.5. The first-order valence-electron chi connectivity index (χ1n) is 7.30. The van der Waals surface area contributed by atoms with Crippen molar-refractivity contribution in [2.75, 3.05) is 6.61 Å². The number of nitrogens with one attached hydrogen (secondary N) is 1. The number of nitrogens with two attached hydrogens (primary N) is 1. The number of ether oxygens (including phenoxy) is 1. The van der Waals surface area contributed by atoms with Gasteiger partial charge in [0.25, 0.3) is 0 Å². The molecule has 0 bridgehead atoms. The first-order valence-corrected chi connectivity index (χ1v) is 8.78. The van der Waals surface area contributed by atoms with Gasteiger partial charge in [-0.3, -0.25) is 0 Å². The highest BCUT2D eigenvalue weighted by atomic mass is 32.2. The average Bonchev–Trinajstić information content (AvgIpc) is 3.22. The summed E-state index contributed by atoms with van der Waals surface area (Å²) in [7, 11) is -3.55. The van der Waals surface area contributed by atoms with Gasteiger partial charge in [0.15, 0.2) is 0 Å². The smallest absolute Gasteiger partial charge is 0.241 e. The first-order chi connectivity index (χ1) is 9.80. The Bertz CT molecular complexity index is 607. The predicted octanol–water partition coefficient (Wildman–Crippen LogP) is 2.01. The van der Waals surface area contributed by atoms with Crippen LogP contribution in [0.4, 0.5) is 0 Å². The minimum atomic E-state index is -3.55. The van der Waals surface area contributed by atoms with Gasteiger partial charge in [-0.2, -0.15) is 0 Å². The van der Waals surface area contributed by atoms with Crippen LogP contribution >= 0.6 is 0 Å². The third kappa shape index (κ3) is 3.75. The van der Waals surface area contributed by atoms with Crippen LogP contribution in [0.3, 0.4) is 0 Å². The minimum Gasteiger partial charge on any atom is -0.494 e. The SMILES string of the molecule is CCOc1ccc(S(=O)(=O)NC(C)(C)C2CC2)cc1CN. The summed E-state index contributed by atoms with van der Waals surface area (Å²) in [5.74, 6) is 1.06. The van der Waals surface area contributed by atoms with Crippen molar-refractivity contribution in [3.05, 3.63) is 23.8 Å². The van der Waals surface area contributed by atoms with Gasteiger partial charge >= 0.3 is 0 Å². The molecule has 6 heteroatoms. The molecule has 0 heterocycles. The number of rotatable bonds is 7. The summed E-state index contributed by atoms with van der Waals surface area (Å²) in [6.45, 7) is 6.50. The van der Waals surface area contributed by atoms with Crippen LogP contribution in [0.1, 0.15) is 39.2 Å². The Morgan fingerprint density at radius 1 is 1.38 bits per heavy atom. The summed E-state index contributed by atoms with van der Waals surface area (Å²) >= 11 is 0. The molecule has 1 aromatic carbocycles. The molecule has 0 spiro atoms. The lowest BCUT2D eigenvalue weighted by Crippen LogP contribution is -2.45. The molecule has 0 saturated heterocycles. The van der Waals surface area contributed by atoms with Gasteiger partial charge in [0, 0.05) is 17.6 Å². The van der Waals surface area contributed by atoms with E-state index in [1.54, 1.807) is 18.2 Å². The Morgan fingerprint density at radius 3 is 2.57 bits per heavy atom. The maximum atomic E-state index is 12.5. The van der Waals surface area contributed by atoms with Crippen LogP contribution in [0.15, 0.2) is 23.1 Å². The molecule has 1 aromatic rings. The fraction of sp³-hybridized carbons (Fsp3) is 0.600. The summed E-state index contributed by atoms with van der Waals surface area (Å²) in [4.78, 5) is 0.236. The topological polar surface area (TPSA) is 81.4 Å². The second kappa shape index (κ2) is 5.94. The van der Waals surface area contributed by atoms with E-state index in [4.69, 9.17) is 10.5 Å². The van der Waals surface area contributed by atoms with Crippen molar-refractivity contribution in [2.24, 2.45) is 11.7 Å². The first kappa shape index (κ1) is 16.3. The normalized spacial score (nSPS) is 16.0. The van der Waals surface area contributed by atoms with Crippen molar-refractivity contribution >= 4 is 10.0 Å². The highest BCUT2D eigenvalue weighted by molar-refractivity contribution is 7.89. The molecule has 5 nitrogen and oxygen atoms in total. The van der Waals surface area contributed by atoms with Gasteiger partial charge in [-0.1, -0.05) is 0 Å². The molecule has 1 aliphatic carbocycles. The summed E-state index contributed by atoms with van der Waals surface area (Å²) in [5.41, 5.74) is 5.97. The maximum Gasteiger partial charge on any atom is 0.241 e. The van der Waals surface area contributed by atoms with Crippen LogP contribution in [0.25, 0.3) is 0 Å². The highest BCUT2D eigenvalue weighted by Gasteiger charge is 2.40. The van der Waals surface area contributed by atoms with Gasteiger partial charge in [0.2, 0.25) is 10.0 Å². The van der Waals surface area contributed by atoms with E-state index < -0.39 is 15.6 Å². The highest BCUT2D eigenvalue weighted by Crippen LogP contribution is 2.40. The average molecular weight is 312 g/mol. The number of hydrogen-bond donors (Lipinski definition) is 2. The second-order valence-corrected chi connectivity index (χ2v) is 7.69. The zero-order chi connectivity index (χ0) is 15.7. The standard InChI is InChI=1S/C15H24N2O3S/c1-4-20-14-8-7-13(9-11(14)10-16)21(18,19)17-15(2,3)12-5-6-12/h7-9,12,17H,4-6,10,16H2,1-3H3. The second-order valence-electron chi connectivity index (χ2n) is 6.01. The number of hydrogen-bond acceptors (Lipinski definition) is 4. The molecule has 3 N–H and O–H groups in total. The zero-order valence-corrected chi connectivity index (χ0v) is 13.7. The fourth-order valence-electron chi connectivity index (χ4n) is 2.47. The van der Waals surface area contributed by atoms with Crippen molar-refractivity contribution in [1.29, 1.82) is 0 Å². The van der Waals surface area contributed by atoms with Crippen LogP contribution in [0, 0.1) is 5.92 Å². The summed E-state index contributed by atoms with van der Waals surface area (Å²) in [6.07, 6.45) is 2.15. The van der Waals surface area contributed by atoms with Crippen LogP contribution in [-0.2, 0) is 16.6 Å². The summed E-state index contributed by atoms with van der Waals surface area (Å²) in [6, 6.07) is 4.83. The lowest BCUT2D eigenvalue weighted by molar-refractivity contribution is 0.336. The van der Waals surface area contributed by atoms with E-state index in [0.29, 0.717) is 23.8 Å².